The quantitative estimate of drug-likeness (QED) is 0.575. The lowest BCUT2D eigenvalue weighted by Gasteiger charge is -2.17. The second kappa shape index (κ2) is 6.71. The van der Waals surface area contributed by atoms with Crippen molar-refractivity contribution in [1.82, 2.24) is 10.2 Å². The van der Waals surface area contributed by atoms with E-state index in [-0.39, 0.29) is 5.97 Å². The number of esters is 1. The van der Waals surface area contributed by atoms with Crippen molar-refractivity contribution in [3.8, 4) is 10.6 Å². The maximum Gasteiger partial charge on any atom is 0.331 e. The highest BCUT2D eigenvalue weighted by atomic mass is 79.9. The van der Waals surface area contributed by atoms with Crippen LogP contribution in [-0.4, -0.2) is 21.8 Å². The Hall–Kier alpha value is -1.53. The molecule has 0 aliphatic heterocycles. The number of rotatable bonds is 3. The Labute approximate surface area is 142 Å². The van der Waals surface area contributed by atoms with Gasteiger partial charge >= 0.3 is 5.97 Å². The van der Waals surface area contributed by atoms with Crippen LogP contribution in [0.3, 0.4) is 0 Å². The smallest absolute Gasteiger partial charge is 0.331 e. The predicted octanol–water partition coefficient (Wildman–Crippen LogP) is 4.63. The summed E-state index contributed by atoms with van der Waals surface area (Å²) >= 11 is 4.80. The molecule has 0 spiro atoms. The summed E-state index contributed by atoms with van der Waals surface area (Å²) in [5.41, 5.74) is 2.58. The number of aromatic nitrogens is 2. The average Bonchev–Trinajstić information content (AvgIpc) is 2.81. The van der Waals surface area contributed by atoms with Crippen molar-refractivity contribution in [3.05, 3.63) is 39.3 Å². The fourth-order valence-electron chi connectivity index (χ4n) is 1.84. The lowest BCUT2D eigenvalue weighted by Crippen LogP contribution is -2.22. The van der Waals surface area contributed by atoms with E-state index in [1.54, 1.807) is 6.08 Å². The molecule has 0 N–H and O–H groups in total. The molecular weight excluding hydrogens is 364 g/mol. The first-order valence-electron chi connectivity index (χ1n) is 6.76. The van der Waals surface area contributed by atoms with Crippen molar-refractivity contribution in [2.24, 2.45) is 0 Å². The van der Waals surface area contributed by atoms with E-state index in [2.05, 4.69) is 26.1 Å². The summed E-state index contributed by atoms with van der Waals surface area (Å²) in [6, 6.07) is 5.93. The average molecular weight is 381 g/mol. The third-order valence-corrected chi connectivity index (χ3v) is 4.09. The van der Waals surface area contributed by atoms with Gasteiger partial charge in [-0.1, -0.05) is 29.5 Å². The minimum absolute atomic E-state index is 0.345. The highest BCUT2D eigenvalue weighted by Gasteiger charge is 2.14. The Balaban J connectivity index is 2.14. The summed E-state index contributed by atoms with van der Waals surface area (Å²) in [4.78, 5) is 11.7. The van der Waals surface area contributed by atoms with Gasteiger partial charge in [0.1, 0.15) is 10.6 Å². The summed E-state index contributed by atoms with van der Waals surface area (Å²) in [5, 5.41) is 8.95. The second-order valence-electron chi connectivity index (χ2n) is 5.80. The Morgan fingerprint density at radius 3 is 2.59 bits per heavy atom. The number of hydrogen-bond acceptors (Lipinski definition) is 5. The molecule has 0 radical (unpaired) electrons. The van der Waals surface area contributed by atoms with Crippen molar-refractivity contribution >= 4 is 39.3 Å². The molecule has 22 heavy (non-hydrogen) atoms. The standard InChI is InChI=1S/C16H17BrN2O2S/c1-10-9-11(6-8-13(20)21-16(2,3)4)5-7-12(10)14-18-19-15(17)22-14/h5-9H,1-4H3. The topological polar surface area (TPSA) is 52.1 Å². The number of ether oxygens (including phenoxy) is 1. The summed E-state index contributed by atoms with van der Waals surface area (Å²) in [7, 11) is 0. The first-order chi connectivity index (χ1) is 10.2. The van der Waals surface area contributed by atoms with Crippen LogP contribution in [0.25, 0.3) is 16.6 Å². The molecule has 116 valence electrons. The fourth-order valence-corrected chi connectivity index (χ4v) is 3.05. The molecule has 1 heterocycles. The van der Waals surface area contributed by atoms with E-state index in [0.29, 0.717) is 0 Å². The molecule has 2 rings (SSSR count). The highest BCUT2D eigenvalue weighted by Crippen LogP contribution is 2.29. The molecule has 0 unspecified atom stereocenters. The lowest BCUT2D eigenvalue weighted by molar-refractivity contribution is -0.148. The monoisotopic (exact) mass is 380 g/mol. The van der Waals surface area contributed by atoms with Crippen molar-refractivity contribution in [2.75, 3.05) is 0 Å². The van der Waals surface area contributed by atoms with Crippen LogP contribution < -0.4 is 0 Å². The SMILES string of the molecule is Cc1cc(C=CC(=O)OC(C)(C)C)ccc1-c1nnc(Br)s1. The summed E-state index contributed by atoms with van der Waals surface area (Å²) < 4.78 is 6.00. The Morgan fingerprint density at radius 2 is 2.05 bits per heavy atom. The number of nitrogens with zero attached hydrogens (tertiary/aromatic N) is 2. The summed E-state index contributed by atoms with van der Waals surface area (Å²) in [6.45, 7) is 7.54. The first kappa shape index (κ1) is 16.8. The van der Waals surface area contributed by atoms with E-state index in [4.69, 9.17) is 4.74 Å². The zero-order valence-electron chi connectivity index (χ0n) is 12.9. The maximum absolute atomic E-state index is 11.7. The molecule has 2 aromatic rings. The van der Waals surface area contributed by atoms with E-state index >= 15 is 0 Å². The molecule has 1 aromatic heterocycles. The van der Waals surface area contributed by atoms with E-state index in [9.17, 15) is 4.79 Å². The van der Waals surface area contributed by atoms with Crippen molar-refractivity contribution in [1.29, 1.82) is 0 Å². The molecule has 0 saturated carbocycles. The third-order valence-electron chi connectivity index (χ3n) is 2.70. The van der Waals surface area contributed by atoms with Gasteiger partial charge in [-0.25, -0.2) is 4.79 Å². The number of halogens is 1. The van der Waals surface area contributed by atoms with Crippen LogP contribution in [0, 0.1) is 6.92 Å². The van der Waals surface area contributed by atoms with Crippen molar-refractivity contribution in [3.63, 3.8) is 0 Å². The van der Waals surface area contributed by atoms with Gasteiger partial charge in [0, 0.05) is 11.6 Å². The van der Waals surface area contributed by atoms with E-state index in [1.807, 2.05) is 45.9 Å². The normalized spacial score (nSPS) is 11.9. The summed E-state index contributed by atoms with van der Waals surface area (Å²) in [5.74, 6) is -0.345. The van der Waals surface area contributed by atoms with E-state index in [0.717, 1.165) is 25.6 Å². The molecule has 0 bridgehead atoms. The van der Waals surface area contributed by atoms with Gasteiger partial charge in [0.25, 0.3) is 0 Å². The zero-order chi connectivity index (χ0) is 16.3. The van der Waals surface area contributed by atoms with Gasteiger partial charge in [0.2, 0.25) is 0 Å². The van der Waals surface area contributed by atoms with Crippen LogP contribution >= 0.6 is 27.3 Å². The first-order valence-corrected chi connectivity index (χ1v) is 8.37. The molecular formula is C16H17BrN2O2S. The Bertz CT molecular complexity index is 717. The molecule has 6 heteroatoms. The van der Waals surface area contributed by atoms with E-state index in [1.165, 1.54) is 17.4 Å². The van der Waals surface area contributed by atoms with Crippen molar-refractivity contribution < 1.29 is 9.53 Å². The Morgan fingerprint density at radius 1 is 1.32 bits per heavy atom. The van der Waals surface area contributed by atoms with Gasteiger partial charge in [-0.15, -0.1) is 10.2 Å². The Kier molecular flexibility index (Phi) is 5.13. The molecule has 0 saturated heterocycles. The van der Waals surface area contributed by atoms with Gasteiger partial charge in [-0.3, -0.25) is 0 Å². The molecule has 0 aliphatic carbocycles. The molecule has 0 atom stereocenters. The number of hydrogen-bond donors (Lipinski definition) is 0. The minimum atomic E-state index is -0.480. The fraction of sp³-hybridized carbons (Fsp3) is 0.312. The molecule has 0 aliphatic rings. The molecule has 0 amide bonds. The minimum Gasteiger partial charge on any atom is -0.457 e. The van der Waals surface area contributed by atoms with Gasteiger partial charge in [-0.05, 0) is 60.8 Å². The predicted molar refractivity (Wildman–Crippen MR) is 92.7 cm³/mol. The largest absolute Gasteiger partial charge is 0.457 e. The van der Waals surface area contributed by atoms with Crippen LogP contribution in [0.4, 0.5) is 0 Å². The van der Waals surface area contributed by atoms with Crippen LogP contribution in [-0.2, 0) is 9.53 Å². The van der Waals surface area contributed by atoms with Gasteiger partial charge in [0.05, 0.1) is 0 Å². The van der Waals surface area contributed by atoms with Gasteiger partial charge in [0.15, 0.2) is 3.92 Å². The van der Waals surface area contributed by atoms with Crippen LogP contribution in [0.1, 0.15) is 31.9 Å². The molecule has 0 fully saturated rings. The van der Waals surface area contributed by atoms with Crippen LogP contribution in [0.5, 0.6) is 0 Å². The third kappa shape index (κ3) is 4.74. The van der Waals surface area contributed by atoms with E-state index < -0.39 is 5.60 Å². The highest BCUT2D eigenvalue weighted by molar-refractivity contribution is 9.11. The molecule has 4 nitrogen and oxygen atoms in total. The maximum atomic E-state index is 11.7. The van der Waals surface area contributed by atoms with Crippen LogP contribution in [0.2, 0.25) is 0 Å². The number of aryl methyl sites for hydroxylation is 1. The number of carbonyl (C=O) groups excluding carboxylic acids is 1. The lowest BCUT2D eigenvalue weighted by atomic mass is 10.1. The van der Waals surface area contributed by atoms with Gasteiger partial charge < -0.3 is 4.74 Å². The molecule has 1 aromatic carbocycles. The second-order valence-corrected chi connectivity index (χ2v) is 8.05. The number of benzene rings is 1. The van der Waals surface area contributed by atoms with Gasteiger partial charge in [-0.2, -0.15) is 0 Å². The zero-order valence-corrected chi connectivity index (χ0v) is 15.3. The number of carbonyl (C=O) groups is 1. The van der Waals surface area contributed by atoms with Crippen molar-refractivity contribution in [2.45, 2.75) is 33.3 Å². The van der Waals surface area contributed by atoms with Crippen LogP contribution in [0.15, 0.2) is 28.2 Å². The summed E-state index contributed by atoms with van der Waals surface area (Å²) in [6.07, 6.45) is 3.20.